The standard InChI is InChI=1S/C14H24N2S/c1-5-14(7-6-8-15-14)9-11-10-17-12(16-11)13(2,3)4/h10,15H,5-9H2,1-4H3. The normalized spacial score (nSPS) is 25.4. The summed E-state index contributed by atoms with van der Waals surface area (Å²) in [7, 11) is 0. The van der Waals surface area contributed by atoms with Gasteiger partial charge in [-0.2, -0.15) is 0 Å². The van der Waals surface area contributed by atoms with Gasteiger partial charge in [0.25, 0.3) is 0 Å². The van der Waals surface area contributed by atoms with Crippen molar-refractivity contribution in [2.45, 2.75) is 64.3 Å². The second kappa shape index (κ2) is 4.69. The molecule has 0 saturated carbocycles. The van der Waals surface area contributed by atoms with Crippen molar-refractivity contribution in [3.8, 4) is 0 Å². The van der Waals surface area contributed by atoms with Crippen molar-refractivity contribution in [2.75, 3.05) is 6.54 Å². The van der Waals surface area contributed by atoms with Crippen LogP contribution in [0.5, 0.6) is 0 Å². The van der Waals surface area contributed by atoms with Crippen molar-refractivity contribution < 1.29 is 0 Å². The lowest BCUT2D eigenvalue weighted by Crippen LogP contribution is -2.41. The Labute approximate surface area is 109 Å². The van der Waals surface area contributed by atoms with E-state index in [1.807, 2.05) is 11.3 Å². The molecule has 1 saturated heterocycles. The van der Waals surface area contributed by atoms with E-state index in [1.165, 1.54) is 36.5 Å². The number of thiazole rings is 1. The molecule has 1 aromatic rings. The average molecular weight is 252 g/mol. The van der Waals surface area contributed by atoms with E-state index in [4.69, 9.17) is 4.98 Å². The molecule has 2 rings (SSSR count). The van der Waals surface area contributed by atoms with Gasteiger partial charge < -0.3 is 5.32 Å². The van der Waals surface area contributed by atoms with Crippen LogP contribution in [0.2, 0.25) is 0 Å². The smallest absolute Gasteiger partial charge is 0.0981 e. The Hall–Kier alpha value is -0.410. The van der Waals surface area contributed by atoms with Gasteiger partial charge in [0.1, 0.15) is 0 Å². The molecular formula is C14H24N2S. The van der Waals surface area contributed by atoms with Gasteiger partial charge in [-0.1, -0.05) is 27.7 Å². The van der Waals surface area contributed by atoms with Gasteiger partial charge in [-0.3, -0.25) is 0 Å². The monoisotopic (exact) mass is 252 g/mol. The van der Waals surface area contributed by atoms with Crippen molar-refractivity contribution in [1.82, 2.24) is 10.3 Å². The molecule has 17 heavy (non-hydrogen) atoms. The lowest BCUT2D eigenvalue weighted by Gasteiger charge is -2.27. The Morgan fingerprint density at radius 2 is 2.24 bits per heavy atom. The Morgan fingerprint density at radius 3 is 2.71 bits per heavy atom. The van der Waals surface area contributed by atoms with Crippen molar-refractivity contribution in [2.24, 2.45) is 0 Å². The molecule has 96 valence electrons. The summed E-state index contributed by atoms with van der Waals surface area (Å²) in [5.41, 5.74) is 1.78. The zero-order valence-corrected chi connectivity index (χ0v) is 12.3. The predicted molar refractivity (Wildman–Crippen MR) is 74.8 cm³/mol. The van der Waals surface area contributed by atoms with Crippen LogP contribution in [0, 0.1) is 0 Å². The van der Waals surface area contributed by atoms with Crippen LogP contribution < -0.4 is 5.32 Å². The van der Waals surface area contributed by atoms with E-state index in [2.05, 4.69) is 38.4 Å². The number of aromatic nitrogens is 1. The molecule has 0 aliphatic carbocycles. The van der Waals surface area contributed by atoms with Crippen LogP contribution >= 0.6 is 11.3 Å². The van der Waals surface area contributed by atoms with Gasteiger partial charge in [0, 0.05) is 22.8 Å². The molecule has 0 aromatic carbocycles. The number of rotatable bonds is 3. The quantitative estimate of drug-likeness (QED) is 0.890. The predicted octanol–water partition coefficient (Wildman–Crippen LogP) is 3.52. The molecule has 1 fully saturated rings. The summed E-state index contributed by atoms with van der Waals surface area (Å²) in [5.74, 6) is 0. The molecule has 1 aliphatic heterocycles. The van der Waals surface area contributed by atoms with Gasteiger partial charge in [-0.05, 0) is 25.8 Å². The Morgan fingerprint density at radius 1 is 1.47 bits per heavy atom. The Kier molecular flexibility index (Phi) is 3.60. The molecule has 3 heteroatoms. The zero-order chi connectivity index (χ0) is 12.5. The molecule has 1 unspecified atom stereocenters. The van der Waals surface area contributed by atoms with Crippen molar-refractivity contribution in [1.29, 1.82) is 0 Å². The fourth-order valence-corrected chi connectivity index (χ4v) is 3.43. The second-order valence-electron chi connectivity index (χ2n) is 6.23. The first kappa shape index (κ1) is 13.0. The molecule has 1 atom stereocenters. The van der Waals surface area contributed by atoms with E-state index < -0.39 is 0 Å². The molecule has 1 N–H and O–H groups in total. The van der Waals surface area contributed by atoms with E-state index in [0.717, 1.165) is 6.42 Å². The van der Waals surface area contributed by atoms with Crippen LogP contribution in [0.15, 0.2) is 5.38 Å². The topological polar surface area (TPSA) is 24.9 Å². The number of nitrogens with zero attached hydrogens (tertiary/aromatic N) is 1. The molecule has 1 aromatic heterocycles. The summed E-state index contributed by atoms with van der Waals surface area (Å²) in [5, 5.41) is 7.19. The Balaban J connectivity index is 2.11. The SMILES string of the molecule is CCC1(Cc2csc(C(C)(C)C)n2)CCCN1. The maximum atomic E-state index is 4.82. The zero-order valence-electron chi connectivity index (χ0n) is 11.5. The minimum absolute atomic E-state index is 0.186. The van der Waals surface area contributed by atoms with Gasteiger partial charge in [-0.25, -0.2) is 4.98 Å². The second-order valence-corrected chi connectivity index (χ2v) is 7.09. The molecule has 2 nitrogen and oxygen atoms in total. The average Bonchev–Trinajstić information content (AvgIpc) is 2.87. The molecule has 0 amide bonds. The summed E-state index contributed by atoms with van der Waals surface area (Å²) < 4.78 is 0. The molecule has 2 heterocycles. The van der Waals surface area contributed by atoms with Crippen LogP contribution in [0.4, 0.5) is 0 Å². The third kappa shape index (κ3) is 2.89. The summed E-state index contributed by atoms with van der Waals surface area (Å²) >= 11 is 1.81. The number of hydrogen-bond acceptors (Lipinski definition) is 3. The van der Waals surface area contributed by atoms with Crippen LogP contribution in [-0.2, 0) is 11.8 Å². The van der Waals surface area contributed by atoms with Crippen molar-refractivity contribution in [3.05, 3.63) is 16.1 Å². The minimum Gasteiger partial charge on any atom is -0.311 e. The minimum atomic E-state index is 0.186. The van der Waals surface area contributed by atoms with Gasteiger partial charge in [0.2, 0.25) is 0 Å². The lowest BCUT2D eigenvalue weighted by molar-refractivity contribution is 0.356. The molecular weight excluding hydrogens is 228 g/mol. The third-order valence-electron chi connectivity index (χ3n) is 3.72. The number of nitrogens with one attached hydrogen (secondary N) is 1. The number of hydrogen-bond donors (Lipinski definition) is 1. The molecule has 0 spiro atoms. The van der Waals surface area contributed by atoms with E-state index in [-0.39, 0.29) is 5.41 Å². The van der Waals surface area contributed by atoms with Gasteiger partial charge in [0.05, 0.1) is 10.7 Å². The maximum Gasteiger partial charge on any atom is 0.0981 e. The highest BCUT2D eigenvalue weighted by molar-refractivity contribution is 7.09. The van der Waals surface area contributed by atoms with Crippen molar-refractivity contribution >= 4 is 11.3 Å². The maximum absolute atomic E-state index is 4.82. The summed E-state index contributed by atoms with van der Waals surface area (Å²) in [4.78, 5) is 4.82. The van der Waals surface area contributed by atoms with Crippen LogP contribution in [0.25, 0.3) is 0 Å². The highest BCUT2D eigenvalue weighted by Gasteiger charge is 2.32. The van der Waals surface area contributed by atoms with Crippen LogP contribution in [0.1, 0.15) is 57.7 Å². The first-order chi connectivity index (χ1) is 7.95. The van der Waals surface area contributed by atoms with Crippen LogP contribution in [-0.4, -0.2) is 17.1 Å². The molecule has 1 aliphatic rings. The summed E-state index contributed by atoms with van der Waals surface area (Å²) in [6.45, 7) is 10.2. The van der Waals surface area contributed by atoms with Gasteiger partial charge in [-0.15, -0.1) is 11.3 Å². The summed E-state index contributed by atoms with van der Waals surface area (Å²) in [6.07, 6.45) is 4.90. The third-order valence-corrected chi connectivity index (χ3v) is 5.04. The first-order valence-corrected chi connectivity index (χ1v) is 7.53. The fraction of sp³-hybridized carbons (Fsp3) is 0.786. The highest BCUT2D eigenvalue weighted by atomic mass is 32.1. The molecule has 0 radical (unpaired) electrons. The van der Waals surface area contributed by atoms with E-state index in [1.54, 1.807) is 0 Å². The Bertz CT molecular complexity index is 370. The van der Waals surface area contributed by atoms with E-state index >= 15 is 0 Å². The van der Waals surface area contributed by atoms with E-state index in [9.17, 15) is 0 Å². The summed E-state index contributed by atoms with van der Waals surface area (Å²) in [6, 6.07) is 0. The van der Waals surface area contributed by atoms with Crippen LogP contribution in [0.3, 0.4) is 0 Å². The highest BCUT2D eigenvalue weighted by Crippen LogP contribution is 2.30. The fourth-order valence-electron chi connectivity index (χ4n) is 2.53. The lowest BCUT2D eigenvalue weighted by atomic mass is 9.89. The van der Waals surface area contributed by atoms with Gasteiger partial charge >= 0.3 is 0 Å². The van der Waals surface area contributed by atoms with Gasteiger partial charge in [0.15, 0.2) is 0 Å². The first-order valence-electron chi connectivity index (χ1n) is 6.65. The van der Waals surface area contributed by atoms with Crippen molar-refractivity contribution in [3.63, 3.8) is 0 Å². The van der Waals surface area contributed by atoms with E-state index in [0.29, 0.717) is 5.54 Å². The molecule has 0 bridgehead atoms. The largest absolute Gasteiger partial charge is 0.311 e.